The normalized spacial score (nSPS) is 11.2. The van der Waals surface area contributed by atoms with E-state index >= 15 is 0 Å². The van der Waals surface area contributed by atoms with Crippen LogP contribution < -0.4 is 10.1 Å². The molecule has 4 rings (SSSR count). The average molecular weight is 509 g/mol. The van der Waals surface area contributed by atoms with Crippen molar-refractivity contribution in [2.24, 2.45) is 0 Å². The number of aromatic nitrogens is 2. The molecule has 0 aliphatic heterocycles. The number of pyridine rings is 2. The maximum Gasteiger partial charge on any atom is 0.573 e. The van der Waals surface area contributed by atoms with Gasteiger partial charge in [-0.3, -0.25) is 19.6 Å². The fraction of sp³-hybridized carbons (Fsp3) is 0.111. The number of carbonyl (C=O) groups excluding carboxylic acids is 2. The molecule has 0 saturated carbocycles. The monoisotopic (exact) mass is 509 g/mol. The van der Waals surface area contributed by atoms with Crippen LogP contribution in [0.1, 0.15) is 32.0 Å². The Balaban J connectivity index is 1.57. The molecule has 1 amide bonds. The predicted molar refractivity (Wildman–Crippen MR) is 128 cm³/mol. The fourth-order valence-corrected chi connectivity index (χ4v) is 3.56. The maximum absolute atomic E-state index is 14.0. The van der Waals surface area contributed by atoms with E-state index in [0.29, 0.717) is 28.2 Å². The Morgan fingerprint density at radius 3 is 2.43 bits per heavy atom. The van der Waals surface area contributed by atoms with Gasteiger partial charge in [0, 0.05) is 41.3 Å². The number of nitrogens with one attached hydrogen (secondary N) is 1. The van der Waals surface area contributed by atoms with Gasteiger partial charge in [0.25, 0.3) is 5.91 Å². The van der Waals surface area contributed by atoms with Crippen molar-refractivity contribution < 1.29 is 31.9 Å². The van der Waals surface area contributed by atoms with Crippen LogP contribution >= 0.6 is 0 Å². The zero-order chi connectivity index (χ0) is 26.6. The van der Waals surface area contributed by atoms with E-state index in [2.05, 4.69) is 20.0 Å². The van der Waals surface area contributed by atoms with Gasteiger partial charge in [0.05, 0.1) is 11.3 Å². The molecule has 2 aromatic carbocycles. The van der Waals surface area contributed by atoms with Crippen molar-refractivity contribution in [3.63, 3.8) is 0 Å². The van der Waals surface area contributed by atoms with Gasteiger partial charge in [0.15, 0.2) is 5.78 Å². The number of halogens is 4. The van der Waals surface area contributed by atoms with E-state index in [1.165, 1.54) is 30.6 Å². The molecule has 0 atom stereocenters. The van der Waals surface area contributed by atoms with Crippen LogP contribution in [0.5, 0.6) is 5.75 Å². The minimum atomic E-state index is -5.04. The Bertz CT molecular complexity index is 1450. The molecule has 0 radical (unpaired) electrons. The first kappa shape index (κ1) is 25.5. The first-order valence-electron chi connectivity index (χ1n) is 11.0. The lowest BCUT2D eigenvalue weighted by Gasteiger charge is -2.14. The van der Waals surface area contributed by atoms with Crippen LogP contribution in [-0.2, 0) is 6.42 Å². The second-order valence-corrected chi connectivity index (χ2v) is 8.03. The van der Waals surface area contributed by atoms with E-state index < -0.39 is 35.2 Å². The second-order valence-electron chi connectivity index (χ2n) is 8.03. The standard InChI is InChI=1S/C27H19F4N3O3/c1-16-12-19(10-11-32-16)34-26(36)21-14-18(7-9-25(21)37-27(29,30)31)24(35)13-17-6-8-23(33-15-17)20-4-2-3-5-22(20)28/h2-12,14-15H,13H2,1H3,(H,32,34,36). The first-order chi connectivity index (χ1) is 17.6. The van der Waals surface area contributed by atoms with Crippen LogP contribution in [0.4, 0.5) is 23.2 Å². The van der Waals surface area contributed by atoms with Crippen molar-refractivity contribution in [1.29, 1.82) is 0 Å². The number of rotatable bonds is 7. The minimum Gasteiger partial charge on any atom is -0.405 e. The number of anilines is 1. The van der Waals surface area contributed by atoms with Crippen LogP contribution in [0.25, 0.3) is 11.3 Å². The van der Waals surface area contributed by atoms with Gasteiger partial charge in [-0.2, -0.15) is 0 Å². The third-order valence-electron chi connectivity index (χ3n) is 5.27. The highest BCUT2D eigenvalue weighted by atomic mass is 19.4. The number of hydrogen-bond donors (Lipinski definition) is 1. The lowest BCUT2D eigenvalue weighted by molar-refractivity contribution is -0.274. The maximum atomic E-state index is 14.0. The molecule has 0 fully saturated rings. The quantitative estimate of drug-likeness (QED) is 0.238. The minimum absolute atomic E-state index is 0.00348. The lowest BCUT2D eigenvalue weighted by atomic mass is 10.0. The SMILES string of the molecule is Cc1cc(NC(=O)c2cc(C(=O)Cc3ccc(-c4ccccc4F)nc3)ccc2OC(F)(F)F)ccn1. The third kappa shape index (κ3) is 6.54. The topological polar surface area (TPSA) is 81.2 Å². The molecule has 0 unspecified atom stereocenters. The molecule has 37 heavy (non-hydrogen) atoms. The number of aryl methyl sites for hydroxylation is 1. The summed E-state index contributed by atoms with van der Waals surface area (Å²) in [5, 5.41) is 2.49. The Kier molecular flexibility index (Phi) is 7.28. The fourth-order valence-electron chi connectivity index (χ4n) is 3.56. The Morgan fingerprint density at radius 2 is 1.76 bits per heavy atom. The van der Waals surface area contributed by atoms with Gasteiger partial charge in [-0.1, -0.05) is 18.2 Å². The molecular weight excluding hydrogens is 490 g/mol. The molecule has 1 N–H and O–H groups in total. The molecule has 0 spiro atoms. The molecule has 0 bridgehead atoms. The number of alkyl halides is 3. The Labute approximate surface area is 209 Å². The van der Waals surface area contributed by atoms with Crippen LogP contribution in [0.3, 0.4) is 0 Å². The predicted octanol–water partition coefficient (Wildman–Crippen LogP) is 6.17. The summed E-state index contributed by atoms with van der Waals surface area (Å²) < 4.78 is 56.8. The summed E-state index contributed by atoms with van der Waals surface area (Å²) in [6.07, 6.45) is -2.34. The number of Topliss-reactive ketones (excluding diaryl/α,β-unsaturated/α-hetero) is 1. The second kappa shape index (κ2) is 10.6. The number of benzene rings is 2. The number of hydrogen-bond acceptors (Lipinski definition) is 5. The molecule has 4 aromatic rings. The molecule has 0 saturated heterocycles. The number of ether oxygens (including phenoxy) is 1. The van der Waals surface area contributed by atoms with Crippen LogP contribution in [0, 0.1) is 12.7 Å². The van der Waals surface area contributed by atoms with Crippen LogP contribution in [0.15, 0.2) is 79.1 Å². The highest BCUT2D eigenvalue weighted by Crippen LogP contribution is 2.29. The van der Waals surface area contributed by atoms with Crippen molar-refractivity contribution >= 4 is 17.4 Å². The zero-order valence-electron chi connectivity index (χ0n) is 19.3. The van der Waals surface area contributed by atoms with E-state index in [1.807, 2.05) is 0 Å². The van der Waals surface area contributed by atoms with E-state index in [1.54, 1.807) is 37.3 Å². The Morgan fingerprint density at radius 1 is 0.973 bits per heavy atom. The number of carbonyl (C=O) groups is 2. The van der Waals surface area contributed by atoms with Gasteiger partial charge in [-0.25, -0.2) is 4.39 Å². The van der Waals surface area contributed by atoms with Crippen molar-refractivity contribution in [3.8, 4) is 17.0 Å². The van der Waals surface area contributed by atoms with Gasteiger partial charge in [-0.15, -0.1) is 13.2 Å². The van der Waals surface area contributed by atoms with Crippen molar-refractivity contribution in [1.82, 2.24) is 9.97 Å². The van der Waals surface area contributed by atoms with E-state index in [9.17, 15) is 27.2 Å². The number of nitrogens with zero attached hydrogens (tertiary/aromatic N) is 2. The molecule has 10 heteroatoms. The van der Waals surface area contributed by atoms with E-state index in [4.69, 9.17) is 0 Å². The lowest BCUT2D eigenvalue weighted by Crippen LogP contribution is -2.21. The van der Waals surface area contributed by atoms with E-state index in [0.717, 1.165) is 18.2 Å². The molecule has 6 nitrogen and oxygen atoms in total. The van der Waals surface area contributed by atoms with Crippen molar-refractivity contribution in [2.75, 3.05) is 5.32 Å². The summed E-state index contributed by atoms with van der Waals surface area (Å²) in [6, 6.07) is 15.4. The van der Waals surface area contributed by atoms with Gasteiger partial charge in [0.2, 0.25) is 0 Å². The smallest absolute Gasteiger partial charge is 0.405 e. The summed E-state index contributed by atoms with van der Waals surface area (Å²) >= 11 is 0. The van der Waals surface area contributed by atoms with Gasteiger partial charge in [0.1, 0.15) is 11.6 Å². The highest BCUT2D eigenvalue weighted by Gasteiger charge is 2.33. The summed E-state index contributed by atoms with van der Waals surface area (Å²) in [4.78, 5) is 33.9. The highest BCUT2D eigenvalue weighted by molar-refractivity contribution is 6.08. The summed E-state index contributed by atoms with van der Waals surface area (Å²) in [6.45, 7) is 1.69. The van der Waals surface area contributed by atoms with E-state index in [-0.39, 0.29) is 12.0 Å². The van der Waals surface area contributed by atoms with Crippen LogP contribution in [0.2, 0.25) is 0 Å². The zero-order valence-corrected chi connectivity index (χ0v) is 19.3. The first-order valence-corrected chi connectivity index (χ1v) is 11.0. The Hall–Kier alpha value is -4.60. The molecule has 188 valence electrons. The van der Waals surface area contributed by atoms with Crippen molar-refractivity contribution in [3.05, 3.63) is 107 Å². The van der Waals surface area contributed by atoms with Crippen LogP contribution in [-0.4, -0.2) is 28.0 Å². The largest absolute Gasteiger partial charge is 0.573 e. The molecule has 2 heterocycles. The summed E-state index contributed by atoms with van der Waals surface area (Å²) in [5.74, 6) is -2.54. The number of amides is 1. The molecule has 2 aromatic heterocycles. The number of ketones is 1. The molecule has 0 aliphatic carbocycles. The van der Waals surface area contributed by atoms with Crippen molar-refractivity contribution in [2.45, 2.75) is 19.7 Å². The van der Waals surface area contributed by atoms with Gasteiger partial charge >= 0.3 is 6.36 Å². The average Bonchev–Trinajstić information content (AvgIpc) is 2.84. The molecule has 0 aliphatic rings. The van der Waals surface area contributed by atoms with Gasteiger partial charge in [-0.05, 0) is 61.0 Å². The summed E-state index contributed by atoms with van der Waals surface area (Å²) in [7, 11) is 0. The molecular formula is C27H19F4N3O3. The van der Waals surface area contributed by atoms with Gasteiger partial charge < -0.3 is 10.1 Å². The third-order valence-corrected chi connectivity index (χ3v) is 5.27. The summed E-state index contributed by atoms with van der Waals surface area (Å²) in [5.41, 5.74) is 1.62.